The molecule has 51 heavy (non-hydrogen) atoms. The molecule has 2 atom stereocenters. The highest BCUT2D eigenvalue weighted by molar-refractivity contribution is 8.01. The summed E-state index contributed by atoms with van der Waals surface area (Å²) in [6.45, 7) is -0.273. The summed E-state index contributed by atoms with van der Waals surface area (Å²) in [5.74, 6) is -4.01. The summed E-state index contributed by atoms with van der Waals surface area (Å²) in [5.41, 5.74) is 6.31. The molecule has 0 radical (unpaired) electrons. The van der Waals surface area contributed by atoms with Gasteiger partial charge in [0.15, 0.2) is 33.8 Å². The van der Waals surface area contributed by atoms with E-state index >= 15 is 0 Å². The molecule has 1 saturated heterocycles. The van der Waals surface area contributed by atoms with Gasteiger partial charge in [-0.05, 0) is 41.5 Å². The van der Waals surface area contributed by atoms with Crippen LogP contribution in [0.1, 0.15) is 11.3 Å². The molecule has 22 heteroatoms. The molecule has 0 unspecified atom stereocenters. The van der Waals surface area contributed by atoms with Gasteiger partial charge in [-0.3, -0.25) is 14.5 Å². The lowest BCUT2D eigenvalue weighted by Gasteiger charge is -2.49. The number of carboxylic acid groups (broad SMARTS) is 2. The number of anilines is 1. The van der Waals surface area contributed by atoms with Gasteiger partial charge in [0.2, 0.25) is 5.89 Å². The van der Waals surface area contributed by atoms with Crippen molar-refractivity contribution in [1.29, 1.82) is 0 Å². The number of hydrogen-bond donors (Lipinski definition) is 7. The van der Waals surface area contributed by atoms with Crippen molar-refractivity contribution in [3.63, 3.8) is 0 Å². The van der Waals surface area contributed by atoms with Gasteiger partial charge in [0.1, 0.15) is 29.4 Å². The molecule has 0 spiro atoms. The number of thioether (sulfide) groups is 2. The van der Waals surface area contributed by atoms with E-state index in [2.05, 4.69) is 30.4 Å². The van der Waals surface area contributed by atoms with E-state index in [9.17, 15) is 39.6 Å². The Kier molecular flexibility index (Phi) is 9.88. The molecule has 0 saturated carbocycles. The number of β-lactam (4-membered cyclic amide) rings is 1. The summed E-state index contributed by atoms with van der Waals surface area (Å²) < 4.78 is 10.1. The highest BCUT2D eigenvalue weighted by Gasteiger charge is 2.54. The number of fused-ring (bicyclic) bond motifs is 1. The highest BCUT2D eigenvalue weighted by Crippen LogP contribution is 2.42. The molecule has 0 aliphatic carbocycles. The minimum atomic E-state index is -1.61. The number of aliphatic carboxylic acids is 1. The molecule has 8 N–H and O–H groups in total. The van der Waals surface area contributed by atoms with E-state index in [0.717, 1.165) is 28.0 Å². The Hall–Kier alpha value is -6.00. The summed E-state index contributed by atoms with van der Waals surface area (Å²) in [6.07, 6.45) is -1.61. The zero-order chi connectivity index (χ0) is 36.4. The summed E-state index contributed by atoms with van der Waals surface area (Å²) in [5, 5.41) is 63.3. The van der Waals surface area contributed by atoms with Gasteiger partial charge >= 0.3 is 12.1 Å². The summed E-state index contributed by atoms with van der Waals surface area (Å²) in [6, 6.07) is 6.64. The van der Waals surface area contributed by atoms with Crippen molar-refractivity contribution in [1.82, 2.24) is 25.4 Å². The Labute approximate surface area is 297 Å². The number of nitrogen functional groups attached to an aromatic ring is 1. The average molecular weight is 758 g/mol. The van der Waals surface area contributed by atoms with Gasteiger partial charge in [-0.15, -0.1) is 33.3 Å². The molecule has 4 heterocycles. The number of phenolic OH excluding ortho intramolecular Hbond substituents is 3. The summed E-state index contributed by atoms with van der Waals surface area (Å²) in [7, 11) is 0. The molecule has 2 aliphatic heterocycles. The highest BCUT2D eigenvalue weighted by atomic mass is 32.2. The van der Waals surface area contributed by atoms with Gasteiger partial charge in [-0.2, -0.15) is 0 Å². The predicted molar refractivity (Wildman–Crippen MR) is 178 cm³/mol. The standard InChI is InChI=1S/C29H23N7O12S3/c30-27-31-14(10-50-27)19(35-46-7-11-1-4-18(17(39)5-11)47-29(44)45)22(40)32-20-24(41)36-21(26(42)43)13(8-49-25(20)36)9-51-28-34-33-23(48-28)12-2-3-15(37)16(38)6-12/h1-6,10,20,25,37-39H,7-9H2,(H2,30,31)(H,32,40)(H,42,43)(H,44,45)/t20-,25+/m1/s1. The van der Waals surface area contributed by atoms with Crippen LogP contribution in [-0.4, -0.2) is 98.2 Å². The van der Waals surface area contributed by atoms with Gasteiger partial charge < -0.3 is 50.6 Å². The fraction of sp³-hybridized carbons (Fsp3) is 0.172. The van der Waals surface area contributed by atoms with Gasteiger partial charge in [-0.1, -0.05) is 23.0 Å². The fourth-order valence-corrected chi connectivity index (χ4v) is 7.60. The van der Waals surface area contributed by atoms with Crippen LogP contribution in [0.3, 0.4) is 0 Å². The number of hydrogen-bond acceptors (Lipinski definition) is 18. The van der Waals surface area contributed by atoms with E-state index in [-0.39, 0.29) is 68.7 Å². The van der Waals surface area contributed by atoms with Gasteiger partial charge in [0.25, 0.3) is 17.0 Å². The minimum absolute atomic E-state index is 0.0415. The monoisotopic (exact) mass is 757 g/mol. The topological polar surface area (TPSA) is 293 Å². The average Bonchev–Trinajstić information content (AvgIpc) is 3.75. The number of thiazole rings is 1. The third-order valence-electron chi connectivity index (χ3n) is 7.12. The Morgan fingerprint density at radius 1 is 1.10 bits per heavy atom. The molecule has 264 valence electrons. The largest absolute Gasteiger partial charge is 0.511 e. The number of aromatic nitrogens is 3. The molecule has 2 aromatic carbocycles. The quantitative estimate of drug-likeness (QED) is 0.0208. The summed E-state index contributed by atoms with van der Waals surface area (Å²) in [4.78, 5) is 60.3. The van der Waals surface area contributed by atoms with E-state index < -0.39 is 41.1 Å². The molecule has 2 aliphatic rings. The van der Waals surface area contributed by atoms with Crippen LogP contribution in [0.25, 0.3) is 11.5 Å². The first-order chi connectivity index (χ1) is 24.4. The molecular formula is C29H23N7O12S3. The van der Waals surface area contributed by atoms with Crippen molar-refractivity contribution in [2.45, 2.75) is 23.2 Å². The molecular weight excluding hydrogens is 735 g/mol. The number of nitrogens with two attached hydrogens (primary N) is 1. The van der Waals surface area contributed by atoms with Crippen LogP contribution in [0.2, 0.25) is 0 Å². The van der Waals surface area contributed by atoms with Crippen LogP contribution < -0.4 is 15.8 Å². The van der Waals surface area contributed by atoms with Crippen molar-refractivity contribution >= 4 is 69.6 Å². The van der Waals surface area contributed by atoms with Crippen LogP contribution in [0.4, 0.5) is 9.93 Å². The van der Waals surface area contributed by atoms with Crippen molar-refractivity contribution in [2.24, 2.45) is 5.16 Å². The van der Waals surface area contributed by atoms with Crippen molar-refractivity contribution in [3.05, 3.63) is 64.3 Å². The number of ether oxygens (including phenoxy) is 1. The number of nitrogens with one attached hydrogen (secondary N) is 1. The third kappa shape index (κ3) is 7.46. The molecule has 6 rings (SSSR count). The zero-order valence-corrected chi connectivity index (χ0v) is 27.9. The van der Waals surface area contributed by atoms with Gasteiger partial charge in [0, 0.05) is 22.4 Å². The number of nitrogens with zero attached hydrogens (tertiary/aromatic N) is 5. The number of rotatable bonds is 12. The van der Waals surface area contributed by atoms with E-state index in [1.54, 1.807) is 0 Å². The number of amides is 2. The smallest absolute Gasteiger partial charge is 0.504 e. The fourth-order valence-electron chi connectivity index (χ4n) is 4.80. The van der Waals surface area contributed by atoms with Crippen LogP contribution in [-0.2, 0) is 25.8 Å². The van der Waals surface area contributed by atoms with Crippen LogP contribution in [0.5, 0.6) is 23.0 Å². The molecule has 2 aromatic heterocycles. The minimum Gasteiger partial charge on any atom is -0.504 e. The Balaban J connectivity index is 1.12. The van der Waals surface area contributed by atoms with Crippen LogP contribution in [0, 0.1) is 0 Å². The Bertz CT molecular complexity index is 2120. The second-order valence-electron chi connectivity index (χ2n) is 10.4. The molecule has 19 nitrogen and oxygen atoms in total. The number of carboxylic acids is 1. The van der Waals surface area contributed by atoms with E-state index in [4.69, 9.17) is 20.1 Å². The first-order valence-corrected chi connectivity index (χ1v) is 17.1. The number of aromatic hydroxyl groups is 3. The molecule has 2 amide bonds. The third-order valence-corrected chi connectivity index (χ3v) is 10.0. The Morgan fingerprint density at radius 2 is 1.90 bits per heavy atom. The number of benzene rings is 2. The SMILES string of the molecule is Nc1nc(C(=NOCc2ccc(OC(=O)O)c(O)c2)C(=O)N[C@@H]2C(=O)N3C(C(=O)O)=C(CSc4nnc(-c5ccc(O)c(O)c5)o4)CS[C@@H]23)cs1. The maximum absolute atomic E-state index is 13.4. The number of phenols is 3. The first kappa shape index (κ1) is 34.8. The maximum Gasteiger partial charge on any atom is 0.511 e. The number of carbonyl (C=O) groups excluding carboxylic acids is 2. The molecule has 1 fully saturated rings. The van der Waals surface area contributed by atoms with E-state index in [1.165, 1.54) is 53.5 Å². The molecule has 4 aromatic rings. The van der Waals surface area contributed by atoms with Crippen molar-refractivity contribution in [3.8, 4) is 34.5 Å². The lowest BCUT2D eigenvalue weighted by atomic mass is 10.0. The van der Waals surface area contributed by atoms with Gasteiger partial charge in [0.05, 0.1) is 0 Å². The predicted octanol–water partition coefficient (Wildman–Crippen LogP) is 2.40. The lowest BCUT2D eigenvalue weighted by molar-refractivity contribution is -0.150. The number of carbonyl (C=O) groups is 4. The maximum atomic E-state index is 13.4. The molecule has 0 bridgehead atoms. The lowest BCUT2D eigenvalue weighted by Crippen LogP contribution is -2.71. The van der Waals surface area contributed by atoms with Gasteiger partial charge in [-0.25, -0.2) is 14.6 Å². The second kappa shape index (κ2) is 14.5. The zero-order valence-electron chi connectivity index (χ0n) is 25.4. The number of oxime groups is 1. The van der Waals surface area contributed by atoms with Crippen molar-refractivity contribution < 1.29 is 58.7 Å². The summed E-state index contributed by atoms with van der Waals surface area (Å²) >= 11 is 3.29. The van der Waals surface area contributed by atoms with Crippen LogP contribution >= 0.6 is 34.9 Å². The van der Waals surface area contributed by atoms with E-state index in [0.29, 0.717) is 16.7 Å². The van der Waals surface area contributed by atoms with E-state index in [1.807, 2.05) is 0 Å². The Morgan fingerprint density at radius 3 is 2.59 bits per heavy atom. The van der Waals surface area contributed by atoms with Crippen molar-refractivity contribution in [2.75, 3.05) is 17.2 Å². The normalized spacial score (nSPS) is 17.1. The second-order valence-corrected chi connectivity index (χ2v) is 13.4. The van der Waals surface area contributed by atoms with Crippen LogP contribution in [0.15, 0.2) is 67.8 Å². The first-order valence-electron chi connectivity index (χ1n) is 14.2.